The molecule has 0 spiro atoms. The minimum absolute atomic E-state index is 0.0558. The number of halogens is 1. The predicted molar refractivity (Wildman–Crippen MR) is 132 cm³/mol. The molecule has 0 aliphatic carbocycles. The monoisotopic (exact) mass is 533 g/mol. The molecular weight excluding hydrogens is 505 g/mol. The number of amides is 1. The molecule has 2 aromatic rings. The fourth-order valence-corrected chi connectivity index (χ4v) is 4.94. The molecular formula is C24H28INO3Si. The fraction of sp³-hybridized carbons (Fsp3) is 0.375. The summed E-state index contributed by atoms with van der Waals surface area (Å²) in [6.45, 7) is 7.36. The van der Waals surface area contributed by atoms with Crippen LogP contribution in [0.4, 0.5) is 0 Å². The first kappa shape index (κ1) is 22.7. The van der Waals surface area contributed by atoms with Crippen LogP contribution in [0.2, 0.25) is 19.6 Å². The first-order chi connectivity index (χ1) is 14.2. The lowest BCUT2D eigenvalue weighted by atomic mass is 9.89. The average Bonchev–Trinajstić information content (AvgIpc) is 2.71. The number of fused-ring (bicyclic) bond motifs is 1. The van der Waals surface area contributed by atoms with Crippen LogP contribution in [0.3, 0.4) is 0 Å². The van der Waals surface area contributed by atoms with Crippen molar-refractivity contribution in [3.05, 3.63) is 56.7 Å². The SMILES string of the molecule is COc1cc2c(cc1OC)C(CC#C[Si](C)(C)C)N(C(=O)c1ccccc1I)CC2. The molecule has 158 valence electrons. The Morgan fingerprint density at radius 2 is 1.83 bits per heavy atom. The number of hydrogen-bond donors (Lipinski definition) is 0. The van der Waals surface area contributed by atoms with Crippen molar-refractivity contribution in [2.45, 2.75) is 38.5 Å². The van der Waals surface area contributed by atoms with E-state index in [2.05, 4.69) is 53.7 Å². The summed E-state index contributed by atoms with van der Waals surface area (Å²) in [4.78, 5) is 15.5. The van der Waals surface area contributed by atoms with E-state index < -0.39 is 8.07 Å². The third kappa shape index (κ3) is 5.01. The van der Waals surface area contributed by atoms with Crippen LogP contribution in [-0.2, 0) is 6.42 Å². The zero-order valence-electron chi connectivity index (χ0n) is 18.2. The Bertz CT molecular complexity index is 1000. The number of carbonyl (C=O) groups excluding carboxylic acids is 1. The van der Waals surface area contributed by atoms with E-state index in [1.165, 1.54) is 5.56 Å². The van der Waals surface area contributed by atoms with Crippen LogP contribution >= 0.6 is 22.6 Å². The van der Waals surface area contributed by atoms with Gasteiger partial charge in [-0.15, -0.1) is 11.5 Å². The lowest BCUT2D eigenvalue weighted by Gasteiger charge is -2.37. The van der Waals surface area contributed by atoms with Crippen LogP contribution < -0.4 is 9.47 Å². The van der Waals surface area contributed by atoms with Gasteiger partial charge in [0.25, 0.3) is 5.91 Å². The quantitative estimate of drug-likeness (QED) is 0.304. The topological polar surface area (TPSA) is 38.8 Å². The van der Waals surface area contributed by atoms with Crippen molar-refractivity contribution in [1.82, 2.24) is 4.90 Å². The summed E-state index contributed by atoms with van der Waals surface area (Å²) in [5.41, 5.74) is 6.49. The van der Waals surface area contributed by atoms with Crippen molar-refractivity contribution in [1.29, 1.82) is 0 Å². The molecule has 0 radical (unpaired) electrons. The molecule has 3 rings (SSSR count). The Morgan fingerprint density at radius 3 is 2.47 bits per heavy atom. The van der Waals surface area contributed by atoms with E-state index in [0.717, 1.165) is 26.9 Å². The van der Waals surface area contributed by atoms with Crippen LogP contribution in [0.1, 0.15) is 33.9 Å². The fourth-order valence-electron chi connectivity index (χ4n) is 3.69. The molecule has 1 unspecified atom stereocenters. The minimum atomic E-state index is -1.50. The van der Waals surface area contributed by atoms with Crippen molar-refractivity contribution >= 4 is 36.6 Å². The van der Waals surface area contributed by atoms with Crippen molar-refractivity contribution in [2.75, 3.05) is 20.8 Å². The van der Waals surface area contributed by atoms with Gasteiger partial charge >= 0.3 is 0 Å². The van der Waals surface area contributed by atoms with Crippen molar-refractivity contribution in [3.63, 3.8) is 0 Å². The number of ether oxygens (including phenoxy) is 2. The zero-order valence-corrected chi connectivity index (χ0v) is 21.4. The maximum Gasteiger partial charge on any atom is 0.255 e. The summed E-state index contributed by atoms with van der Waals surface area (Å²) in [6, 6.07) is 11.7. The third-order valence-corrected chi connectivity index (χ3v) is 6.99. The van der Waals surface area contributed by atoms with Crippen molar-refractivity contribution in [2.24, 2.45) is 0 Å². The number of nitrogens with zero attached hydrogens (tertiary/aromatic N) is 1. The maximum absolute atomic E-state index is 13.5. The number of methoxy groups -OCH3 is 2. The van der Waals surface area contributed by atoms with Crippen LogP contribution in [0.5, 0.6) is 11.5 Å². The Morgan fingerprint density at radius 1 is 1.17 bits per heavy atom. The van der Waals surface area contributed by atoms with Gasteiger partial charge in [0.15, 0.2) is 11.5 Å². The van der Waals surface area contributed by atoms with E-state index in [-0.39, 0.29) is 11.9 Å². The van der Waals surface area contributed by atoms with Crippen LogP contribution in [0.15, 0.2) is 36.4 Å². The summed E-state index contributed by atoms with van der Waals surface area (Å²) >= 11 is 2.23. The highest BCUT2D eigenvalue weighted by molar-refractivity contribution is 14.1. The lowest BCUT2D eigenvalue weighted by molar-refractivity contribution is 0.0663. The Labute approximate surface area is 194 Å². The molecule has 1 aliphatic heterocycles. The second-order valence-corrected chi connectivity index (χ2v) is 14.3. The smallest absolute Gasteiger partial charge is 0.255 e. The van der Waals surface area contributed by atoms with Gasteiger partial charge in [-0.3, -0.25) is 4.79 Å². The van der Waals surface area contributed by atoms with Crippen LogP contribution in [0, 0.1) is 15.0 Å². The first-order valence-corrected chi connectivity index (χ1v) is 14.6. The second kappa shape index (κ2) is 9.44. The van der Waals surface area contributed by atoms with Gasteiger partial charge in [0.2, 0.25) is 0 Å². The number of hydrogen-bond acceptors (Lipinski definition) is 3. The average molecular weight is 533 g/mol. The molecule has 0 N–H and O–H groups in total. The molecule has 0 saturated carbocycles. The van der Waals surface area contributed by atoms with Gasteiger partial charge in [0.1, 0.15) is 8.07 Å². The molecule has 0 fully saturated rings. The van der Waals surface area contributed by atoms with Crippen LogP contribution in [0.25, 0.3) is 0 Å². The highest BCUT2D eigenvalue weighted by Gasteiger charge is 2.33. The summed E-state index contributed by atoms with van der Waals surface area (Å²) in [6.07, 6.45) is 1.39. The molecule has 1 aliphatic rings. The van der Waals surface area contributed by atoms with Crippen molar-refractivity contribution < 1.29 is 14.3 Å². The molecule has 1 atom stereocenters. The minimum Gasteiger partial charge on any atom is -0.493 e. The Balaban J connectivity index is 2.06. The van der Waals surface area contributed by atoms with Gasteiger partial charge in [-0.1, -0.05) is 31.8 Å². The van der Waals surface area contributed by atoms with Crippen LogP contribution in [-0.4, -0.2) is 39.6 Å². The number of rotatable bonds is 4. The molecule has 1 heterocycles. The standard InChI is InChI=1S/C24H28INO3Si/c1-28-22-15-17-12-13-26(24(27)18-9-6-7-10-20(18)25)21(11-8-14-30(3,4)5)19(17)16-23(22)29-2/h6-7,9-10,15-16,21H,11-13H2,1-5H3. The van der Waals surface area contributed by atoms with E-state index >= 15 is 0 Å². The molecule has 0 aromatic heterocycles. The summed E-state index contributed by atoms with van der Waals surface area (Å²) in [5, 5.41) is 0. The van der Waals surface area contributed by atoms with E-state index in [9.17, 15) is 4.79 Å². The van der Waals surface area contributed by atoms with Gasteiger partial charge < -0.3 is 14.4 Å². The molecule has 30 heavy (non-hydrogen) atoms. The van der Waals surface area contributed by atoms with E-state index in [1.807, 2.05) is 41.3 Å². The second-order valence-electron chi connectivity index (χ2n) is 8.41. The molecule has 2 aromatic carbocycles. The van der Waals surface area contributed by atoms with Gasteiger partial charge in [-0.2, -0.15) is 0 Å². The summed E-state index contributed by atoms with van der Waals surface area (Å²) < 4.78 is 12.0. The molecule has 6 heteroatoms. The van der Waals surface area contributed by atoms with Gasteiger partial charge in [0, 0.05) is 16.5 Å². The largest absolute Gasteiger partial charge is 0.493 e. The van der Waals surface area contributed by atoms with E-state index in [0.29, 0.717) is 18.7 Å². The molecule has 0 saturated heterocycles. The highest BCUT2D eigenvalue weighted by Crippen LogP contribution is 2.40. The van der Waals surface area contributed by atoms with Gasteiger partial charge in [-0.25, -0.2) is 0 Å². The molecule has 1 amide bonds. The summed E-state index contributed by atoms with van der Waals surface area (Å²) in [5.74, 6) is 4.86. The normalized spacial score (nSPS) is 15.7. The van der Waals surface area contributed by atoms with Crippen molar-refractivity contribution in [3.8, 4) is 23.0 Å². The summed E-state index contributed by atoms with van der Waals surface area (Å²) in [7, 11) is 1.79. The third-order valence-electron chi connectivity index (χ3n) is 5.13. The Hall–Kier alpha value is -1.98. The zero-order chi connectivity index (χ0) is 21.9. The maximum atomic E-state index is 13.5. The van der Waals surface area contributed by atoms with Gasteiger partial charge in [-0.05, 0) is 64.4 Å². The predicted octanol–water partition coefficient (Wildman–Crippen LogP) is 5.32. The number of carbonyl (C=O) groups is 1. The highest BCUT2D eigenvalue weighted by atomic mass is 127. The first-order valence-electron chi connectivity index (χ1n) is 10.1. The molecule has 0 bridgehead atoms. The molecule has 4 nitrogen and oxygen atoms in total. The van der Waals surface area contributed by atoms with Gasteiger partial charge in [0.05, 0.1) is 25.8 Å². The van der Waals surface area contributed by atoms with E-state index in [4.69, 9.17) is 9.47 Å². The number of benzene rings is 2. The lowest BCUT2D eigenvalue weighted by Crippen LogP contribution is -2.40. The van der Waals surface area contributed by atoms with E-state index in [1.54, 1.807) is 14.2 Å². The Kier molecular flexibility index (Phi) is 7.14.